The summed E-state index contributed by atoms with van der Waals surface area (Å²) in [6, 6.07) is 4.13. The lowest BCUT2D eigenvalue weighted by atomic mass is 9.99. The molecule has 0 aliphatic heterocycles. The molecule has 0 saturated heterocycles. The first kappa shape index (κ1) is 11.8. The van der Waals surface area contributed by atoms with Crippen LogP contribution in [-0.4, -0.2) is 14.8 Å². The van der Waals surface area contributed by atoms with E-state index in [1.807, 2.05) is 30.2 Å². The highest BCUT2D eigenvalue weighted by Gasteiger charge is 2.12. The van der Waals surface area contributed by atoms with Gasteiger partial charge in [-0.3, -0.25) is 9.67 Å². The lowest BCUT2D eigenvalue weighted by Crippen LogP contribution is -2.00. The lowest BCUT2D eigenvalue weighted by Gasteiger charge is -2.10. The summed E-state index contributed by atoms with van der Waals surface area (Å²) < 4.78 is 1.90. The van der Waals surface area contributed by atoms with Crippen LogP contribution in [0.2, 0.25) is 0 Å². The second-order valence-electron chi connectivity index (χ2n) is 4.86. The molecule has 0 saturated carbocycles. The minimum atomic E-state index is 0.612. The molecule has 2 aromatic rings. The van der Waals surface area contributed by atoms with Crippen LogP contribution in [-0.2, 0) is 13.5 Å². The molecule has 0 spiro atoms. The fourth-order valence-electron chi connectivity index (χ4n) is 2.00. The third kappa shape index (κ3) is 2.38. The number of hydrogen-bond acceptors (Lipinski definition) is 2. The van der Waals surface area contributed by atoms with Crippen LogP contribution in [0.1, 0.15) is 25.2 Å². The van der Waals surface area contributed by atoms with Gasteiger partial charge in [0, 0.05) is 35.8 Å². The second-order valence-corrected chi connectivity index (χ2v) is 4.86. The van der Waals surface area contributed by atoms with E-state index in [2.05, 4.69) is 36.9 Å². The Morgan fingerprint density at radius 2 is 2.06 bits per heavy atom. The largest absolute Gasteiger partial charge is 0.272 e. The van der Waals surface area contributed by atoms with Crippen molar-refractivity contribution in [1.29, 1.82) is 0 Å². The molecule has 3 heteroatoms. The van der Waals surface area contributed by atoms with Crippen molar-refractivity contribution in [2.45, 2.75) is 27.2 Å². The number of nitrogens with zero attached hydrogens (tertiary/aromatic N) is 3. The van der Waals surface area contributed by atoms with Crippen LogP contribution in [0.3, 0.4) is 0 Å². The monoisotopic (exact) mass is 229 g/mol. The molecule has 0 unspecified atom stereocenters. The van der Waals surface area contributed by atoms with E-state index < -0.39 is 0 Å². The number of aryl methyl sites for hydroxylation is 1. The van der Waals surface area contributed by atoms with Gasteiger partial charge in [-0.2, -0.15) is 5.10 Å². The zero-order valence-corrected chi connectivity index (χ0v) is 10.9. The normalized spacial score (nSPS) is 11.1. The van der Waals surface area contributed by atoms with Crippen LogP contribution in [0.5, 0.6) is 0 Å². The van der Waals surface area contributed by atoms with Crippen molar-refractivity contribution in [3.8, 4) is 11.1 Å². The smallest absolute Gasteiger partial charge is 0.0571 e. The van der Waals surface area contributed by atoms with Gasteiger partial charge >= 0.3 is 0 Å². The quantitative estimate of drug-likeness (QED) is 0.810. The summed E-state index contributed by atoms with van der Waals surface area (Å²) in [6.07, 6.45) is 4.80. The van der Waals surface area contributed by atoms with E-state index in [1.54, 1.807) is 0 Å². The molecule has 2 aromatic heterocycles. The summed E-state index contributed by atoms with van der Waals surface area (Å²) in [5.41, 5.74) is 4.75. The second kappa shape index (κ2) is 4.70. The maximum Gasteiger partial charge on any atom is 0.0571 e. The molecule has 90 valence electrons. The van der Waals surface area contributed by atoms with E-state index in [4.69, 9.17) is 0 Å². The zero-order chi connectivity index (χ0) is 12.4. The van der Waals surface area contributed by atoms with Crippen molar-refractivity contribution >= 4 is 0 Å². The van der Waals surface area contributed by atoms with Gasteiger partial charge in [0.1, 0.15) is 0 Å². The summed E-state index contributed by atoms with van der Waals surface area (Å²) in [4.78, 5) is 4.51. The molecule has 0 aliphatic carbocycles. The molecule has 17 heavy (non-hydrogen) atoms. The number of pyridine rings is 1. The molecule has 0 radical (unpaired) electrons. The summed E-state index contributed by atoms with van der Waals surface area (Å²) in [5, 5.41) is 4.30. The van der Waals surface area contributed by atoms with Crippen molar-refractivity contribution < 1.29 is 0 Å². The van der Waals surface area contributed by atoms with Gasteiger partial charge in [-0.25, -0.2) is 0 Å². The summed E-state index contributed by atoms with van der Waals surface area (Å²) in [6.45, 7) is 6.53. The van der Waals surface area contributed by atoms with Crippen LogP contribution >= 0.6 is 0 Å². The predicted octanol–water partition coefficient (Wildman–Crippen LogP) is 2.99. The molecular formula is C14H19N3. The van der Waals surface area contributed by atoms with Gasteiger partial charge in [0.05, 0.1) is 6.20 Å². The van der Waals surface area contributed by atoms with Gasteiger partial charge in [0.2, 0.25) is 0 Å². The summed E-state index contributed by atoms with van der Waals surface area (Å²) in [7, 11) is 1.97. The average Bonchev–Trinajstić information content (AvgIpc) is 2.60. The topological polar surface area (TPSA) is 30.7 Å². The molecule has 3 nitrogen and oxygen atoms in total. The van der Waals surface area contributed by atoms with Crippen molar-refractivity contribution in [2.75, 3.05) is 0 Å². The Morgan fingerprint density at radius 1 is 1.29 bits per heavy atom. The van der Waals surface area contributed by atoms with Crippen molar-refractivity contribution in [3.63, 3.8) is 0 Å². The highest BCUT2D eigenvalue weighted by molar-refractivity contribution is 5.67. The van der Waals surface area contributed by atoms with Gasteiger partial charge < -0.3 is 0 Å². The molecule has 0 fully saturated rings. The Labute approximate surface area is 103 Å². The Hall–Kier alpha value is -1.64. The van der Waals surface area contributed by atoms with E-state index in [1.165, 1.54) is 22.5 Å². The molecule has 0 atom stereocenters. The lowest BCUT2D eigenvalue weighted by molar-refractivity contribution is 0.636. The van der Waals surface area contributed by atoms with E-state index >= 15 is 0 Å². The highest BCUT2D eigenvalue weighted by atomic mass is 15.3. The number of hydrogen-bond donors (Lipinski definition) is 0. The van der Waals surface area contributed by atoms with Crippen molar-refractivity contribution in [1.82, 2.24) is 14.8 Å². The third-order valence-corrected chi connectivity index (χ3v) is 3.02. The SMILES string of the molecule is Cc1c(-c2cccnc2CC(C)C)cnn1C. The highest BCUT2D eigenvalue weighted by Crippen LogP contribution is 2.26. The van der Waals surface area contributed by atoms with Crippen LogP contribution in [0, 0.1) is 12.8 Å². The molecule has 2 rings (SSSR count). The molecule has 0 aliphatic rings. The van der Waals surface area contributed by atoms with Crippen molar-refractivity contribution in [2.24, 2.45) is 13.0 Å². The minimum absolute atomic E-state index is 0.612. The van der Waals surface area contributed by atoms with Gasteiger partial charge in [-0.1, -0.05) is 19.9 Å². The Kier molecular flexibility index (Phi) is 3.27. The maximum absolute atomic E-state index is 4.51. The van der Waals surface area contributed by atoms with Gasteiger partial charge in [-0.05, 0) is 25.3 Å². The van der Waals surface area contributed by atoms with Crippen LogP contribution in [0.15, 0.2) is 24.5 Å². The van der Waals surface area contributed by atoms with Crippen molar-refractivity contribution in [3.05, 3.63) is 35.9 Å². The molecule has 0 bridgehead atoms. The predicted molar refractivity (Wildman–Crippen MR) is 69.7 cm³/mol. The van der Waals surface area contributed by atoms with Gasteiger partial charge in [-0.15, -0.1) is 0 Å². The molecule has 2 heterocycles. The summed E-state index contributed by atoms with van der Waals surface area (Å²) in [5.74, 6) is 0.612. The average molecular weight is 229 g/mol. The van der Waals surface area contributed by atoms with Gasteiger partial charge in [0.15, 0.2) is 0 Å². The Bertz CT molecular complexity index is 512. The summed E-state index contributed by atoms with van der Waals surface area (Å²) >= 11 is 0. The fourth-order valence-corrected chi connectivity index (χ4v) is 2.00. The van der Waals surface area contributed by atoms with Gasteiger partial charge in [0.25, 0.3) is 0 Å². The third-order valence-electron chi connectivity index (χ3n) is 3.02. The molecule has 0 N–H and O–H groups in total. The molecular weight excluding hydrogens is 210 g/mol. The van der Waals surface area contributed by atoms with E-state index in [0.717, 1.165) is 6.42 Å². The van der Waals surface area contributed by atoms with E-state index in [9.17, 15) is 0 Å². The van der Waals surface area contributed by atoms with E-state index in [0.29, 0.717) is 5.92 Å². The molecule has 0 amide bonds. The van der Waals surface area contributed by atoms with E-state index in [-0.39, 0.29) is 0 Å². The Balaban J connectivity index is 2.48. The van der Waals surface area contributed by atoms with Crippen LogP contribution in [0.4, 0.5) is 0 Å². The molecule has 0 aromatic carbocycles. The van der Waals surface area contributed by atoms with Crippen LogP contribution < -0.4 is 0 Å². The minimum Gasteiger partial charge on any atom is -0.272 e. The first-order valence-electron chi connectivity index (χ1n) is 6.02. The first-order valence-corrected chi connectivity index (χ1v) is 6.02. The Morgan fingerprint density at radius 3 is 2.65 bits per heavy atom. The maximum atomic E-state index is 4.51. The standard InChI is InChI=1S/C14H19N3/c1-10(2)8-14-12(6-5-7-15-14)13-9-16-17(4)11(13)3/h5-7,9-10H,8H2,1-4H3. The number of rotatable bonds is 3. The zero-order valence-electron chi connectivity index (χ0n) is 10.9. The fraction of sp³-hybridized carbons (Fsp3) is 0.429. The van der Waals surface area contributed by atoms with Crippen LogP contribution in [0.25, 0.3) is 11.1 Å². The first-order chi connectivity index (χ1) is 8.09. The number of aromatic nitrogens is 3.